The Morgan fingerprint density at radius 2 is 1.19 bits per heavy atom. The summed E-state index contributed by atoms with van der Waals surface area (Å²) in [6.45, 7) is 0. The lowest BCUT2D eigenvalue weighted by Crippen LogP contribution is -2.13. The van der Waals surface area contributed by atoms with Crippen LogP contribution in [-0.2, 0) is 9.59 Å². The number of benzene rings is 2. The number of rotatable bonds is 8. The zero-order valence-corrected chi connectivity index (χ0v) is 16.9. The monoisotopic (exact) mass is 420 g/mol. The number of nitrogens with zero attached hydrogens (tertiary/aromatic N) is 2. The SMILES string of the molecule is COc1ccccc1/C=C/C(=O)Nc1nonc1NC(=O)/C=C/c1ccccc1OC. The number of carbonyl (C=O) groups excluding carboxylic acids is 2. The number of hydrogen-bond acceptors (Lipinski definition) is 7. The normalized spacial score (nSPS) is 10.9. The Bertz CT molecular complexity index is 1030. The molecule has 0 unspecified atom stereocenters. The van der Waals surface area contributed by atoms with Crippen LogP contribution in [0.4, 0.5) is 11.6 Å². The quantitative estimate of drug-likeness (QED) is 0.537. The maximum absolute atomic E-state index is 12.2. The van der Waals surface area contributed by atoms with Gasteiger partial charge in [0.15, 0.2) is 0 Å². The molecule has 0 saturated heterocycles. The highest BCUT2D eigenvalue weighted by molar-refractivity contribution is 6.06. The van der Waals surface area contributed by atoms with Crippen molar-refractivity contribution in [3.8, 4) is 11.5 Å². The molecule has 0 bridgehead atoms. The van der Waals surface area contributed by atoms with Crippen LogP contribution in [0.15, 0.2) is 65.3 Å². The highest BCUT2D eigenvalue weighted by Crippen LogP contribution is 2.20. The number of carbonyl (C=O) groups is 2. The van der Waals surface area contributed by atoms with Crippen molar-refractivity contribution >= 4 is 35.6 Å². The second-order valence-electron chi connectivity index (χ2n) is 6.09. The first kappa shape index (κ1) is 21.3. The molecule has 3 aromatic rings. The first-order valence-electron chi connectivity index (χ1n) is 9.17. The lowest BCUT2D eigenvalue weighted by atomic mass is 10.2. The third-order valence-electron chi connectivity index (χ3n) is 4.08. The highest BCUT2D eigenvalue weighted by Gasteiger charge is 2.14. The van der Waals surface area contributed by atoms with Crippen molar-refractivity contribution in [1.29, 1.82) is 0 Å². The van der Waals surface area contributed by atoms with Crippen LogP contribution in [0.1, 0.15) is 11.1 Å². The van der Waals surface area contributed by atoms with Gasteiger partial charge in [-0.3, -0.25) is 9.59 Å². The molecule has 9 nitrogen and oxygen atoms in total. The van der Waals surface area contributed by atoms with E-state index in [4.69, 9.17) is 9.47 Å². The summed E-state index contributed by atoms with van der Waals surface area (Å²) in [5.41, 5.74) is 1.46. The Labute approximate surface area is 178 Å². The average Bonchev–Trinajstić information content (AvgIpc) is 3.22. The first-order valence-corrected chi connectivity index (χ1v) is 9.17. The van der Waals surface area contributed by atoms with E-state index in [-0.39, 0.29) is 11.6 Å². The number of anilines is 2. The van der Waals surface area contributed by atoms with Crippen molar-refractivity contribution in [2.24, 2.45) is 0 Å². The third-order valence-corrected chi connectivity index (χ3v) is 4.08. The molecule has 2 N–H and O–H groups in total. The third kappa shape index (κ3) is 5.80. The summed E-state index contributed by atoms with van der Waals surface area (Å²) in [6.07, 6.45) is 5.80. The van der Waals surface area contributed by atoms with Gasteiger partial charge in [0, 0.05) is 23.3 Å². The van der Waals surface area contributed by atoms with Gasteiger partial charge in [-0.2, -0.15) is 0 Å². The summed E-state index contributed by atoms with van der Waals surface area (Å²) in [5.74, 6) is 0.250. The lowest BCUT2D eigenvalue weighted by molar-refractivity contribution is -0.112. The molecule has 0 spiro atoms. The van der Waals surface area contributed by atoms with Crippen LogP contribution < -0.4 is 20.1 Å². The summed E-state index contributed by atoms with van der Waals surface area (Å²) in [6, 6.07) is 14.5. The van der Waals surface area contributed by atoms with E-state index in [0.29, 0.717) is 11.5 Å². The van der Waals surface area contributed by atoms with E-state index in [1.54, 1.807) is 50.6 Å². The Balaban J connectivity index is 1.62. The summed E-state index contributed by atoms with van der Waals surface area (Å²) in [4.78, 5) is 24.4. The summed E-state index contributed by atoms with van der Waals surface area (Å²) in [5, 5.41) is 12.2. The van der Waals surface area contributed by atoms with Crippen LogP contribution >= 0.6 is 0 Å². The van der Waals surface area contributed by atoms with Gasteiger partial charge in [0.1, 0.15) is 11.5 Å². The summed E-state index contributed by atoms with van der Waals surface area (Å²) < 4.78 is 15.1. The number of amides is 2. The van der Waals surface area contributed by atoms with E-state index in [1.165, 1.54) is 12.2 Å². The minimum atomic E-state index is -0.485. The molecule has 9 heteroatoms. The van der Waals surface area contributed by atoms with Crippen molar-refractivity contribution in [3.05, 3.63) is 71.8 Å². The molecule has 1 heterocycles. The van der Waals surface area contributed by atoms with Gasteiger partial charge in [-0.15, -0.1) is 0 Å². The molecule has 0 fully saturated rings. The minimum Gasteiger partial charge on any atom is -0.496 e. The van der Waals surface area contributed by atoms with Gasteiger partial charge < -0.3 is 20.1 Å². The number of methoxy groups -OCH3 is 2. The number of aromatic nitrogens is 2. The van der Waals surface area contributed by atoms with Crippen molar-refractivity contribution in [2.75, 3.05) is 24.9 Å². The van der Waals surface area contributed by atoms with Crippen molar-refractivity contribution < 1.29 is 23.7 Å². The van der Waals surface area contributed by atoms with E-state index in [9.17, 15) is 9.59 Å². The van der Waals surface area contributed by atoms with Gasteiger partial charge in [0.05, 0.1) is 14.2 Å². The van der Waals surface area contributed by atoms with Crippen LogP contribution in [0.3, 0.4) is 0 Å². The number of ether oxygens (including phenoxy) is 2. The zero-order chi connectivity index (χ0) is 22.1. The van der Waals surface area contributed by atoms with Crippen LogP contribution in [0.2, 0.25) is 0 Å². The predicted octanol–water partition coefficient (Wildman–Crippen LogP) is 3.39. The smallest absolute Gasteiger partial charge is 0.249 e. The van der Waals surface area contributed by atoms with Crippen LogP contribution in [0.25, 0.3) is 12.2 Å². The molecule has 2 aromatic carbocycles. The second kappa shape index (κ2) is 10.4. The van der Waals surface area contributed by atoms with Crippen molar-refractivity contribution in [3.63, 3.8) is 0 Å². The molecule has 0 atom stereocenters. The van der Waals surface area contributed by atoms with E-state index >= 15 is 0 Å². The van der Waals surface area contributed by atoms with Crippen molar-refractivity contribution in [1.82, 2.24) is 10.3 Å². The number of hydrogen-bond donors (Lipinski definition) is 2. The Hall–Kier alpha value is -4.40. The fourth-order valence-electron chi connectivity index (χ4n) is 2.61. The van der Waals surface area contributed by atoms with Crippen LogP contribution in [0, 0.1) is 0 Å². The molecule has 2 amide bonds. The summed E-state index contributed by atoms with van der Waals surface area (Å²) in [7, 11) is 3.09. The molecule has 0 aliphatic rings. The number of nitrogens with one attached hydrogen (secondary N) is 2. The molecular formula is C22H20N4O5. The maximum atomic E-state index is 12.2. The Morgan fingerprint density at radius 3 is 1.61 bits per heavy atom. The van der Waals surface area contributed by atoms with Crippen molar-refractivity contribution in [2.45, 2.75) is 0 Å². The van der Waals surface area contributed by atoms with Gasteiger partial charge in [-0.1, -0.05) is 36.4 Å². The molecule has 3 rings (SSSR count). The van der Waals surface area contributed by atoms with E-state index in [2.05, 4.69) is 25.6 Å². The first-order chi connectivity index (χ1) is 15.1. The molecule has 0 radical (unpaired) electrons. The Kier molecular flexibility index (Phi) is 7.15. The highest BCUT2D eigenvalue weighted by atomic mass is 16.6. The molecule has 158 valence electrons. The average molecular weight is 420 g/mol. The molecule has 31 heavy (non-hydrogen) atoms. The second-order valence-corrected chi connectivity index (χ2v) is 6.09. The van der Waals surface area contributed by atoms with Gasteiger partial charge in [-0.25, -0.2) is 4.63 Å². The largest absolute Gasteiger partial charge is 0.496 e. The molecule has 0 saturated carbocycles. The van der Waals surface area contributed by atoms with Crippen LogP contribution in [-0.4, -0.2) is 36.3 Å². The van der Waals surface area contributed by atoms with Gasteiger partial charge >= 0.3 is 0 Å². The van der Waals surface area contributed by atoms with E-state index in [1.807, 2.05) is 24.3 Å². The topological polar surface area (TPSA) is 116 Å². The van der Waals surface area contributed by atoms with E-state index < -0.39 is 11.8 Å². The fourth-order valence-corrected chi connectivity index (χ4v) is 2.61. The minimum absolute atomic E-state index is 0.0197. The molecule has 0 aliphatic heterocycles. The standard InChI is InChI=1S/C22H20N4O5/c1-29-17-9-5-3-7-15(17)11-13-19(27)23-21-22(26-31-25-21)24-20(28)14-12-16-8-4-6-10-18(16)30-2/h3-14H,1-2H3,(H,23,25,27)(H,24,26,28)/b13-11+,14-12+. The lowest BCUT2D eigenvalue weighted by Gasteiger charge is -2.04. The van der Waals surface area contributed by atoms with Gasteiger partial charge in [0.25, 0.3) is 0 Å². The molecule has 1 aromatic heterocycles. The fraction of sp³-hybridized carbons (Fsp3) is 0.0909. The van der Waals surface area contributed by atoms with Crippen LogP contribution in [0.5, 0.6) is 11.5 Å². The molecule has 0 aliphatic carbocycles. The molecular weight excluding hydrogens is 400 g/mol. The van der Waals surface area contributed by atoms with E-state index in [0.717, 1.165) is 11.1 Å². The Morgan fingerprint density at radius 1 is 0.774 bits per heavy atom. The maximum Gasteiger partial charge on any atom is 0.249 e. The van der Waals surface area contributed by atoms with Gasteiger partial charge in [0.2, 0.25) is 23.5 Å². The van der Waals surface area contributed by atoms with Gasteiger partial charge in [-0.05, 0) is 34.6 Å². The zero-order valence-electron chi connectivity index (χ0n) is 16.9. The summed E-state index contributed by atoms with van der Waals surface area (Å²) >= 11 is 0. The predicted molar refractivity (Wildman–Crippen MR) is 116 cm³/mol. The number of para-hydroxylation sites is 2.